The van der Waals surface area contributed by atoms with Crippen molar-refractivity contribution in [2.75, 3.05) is 0 Å². The molecule has 0 amide bonds. The molecule has 0 aliphatic heterocycles. The maximum absolute atomic E-state index is 11.2. The first-order valence-electron chi connectivity index (χ1n) is 5.87. The molecule has 0 heterocycles. The van der Waals surface area contributed by atoms with E-state index in [4.69, 9.17) is 16.7 Å². The number of carboxylic acid groups (broad SMARTS) is 1. The van der Waals surface area contributed by atoms with Crippen LogP contribution in [-0.4, -0.2) is 16.0 Å². The molecule has 0 atom stereocenters. The zero-order valence-corrected chi connectivity index (χ0v) is 12.2. The molecule has 0 saturated carbocycles. The summed E-state index contributed by atoms with van der Waals surface area (Å²) in [6, 6.07) is 11.1. The molecule has 2 rings (SSSR count). The van der Waals surface area contributed by atoms with Crippen LogP contribution >= 0.6 is 23.4 Å². The van der Waals surface area contributed by atoms with Crippen LogP contribution in [0.1, 0.15) is 15.9 Å². The Balaban J connectivity index is 2.26. The number of thioether (sulfide) groups is 1. The van der Waals surface area contributed by atoms with E-state index in [0.29, 0.717) is 15.7 Å². The van der Waals surface area contributed by atoms with Crippen molar-refractivity contribution in [2.24, 2.45) is 0 Å². The van der Waals surface area contributed by atoms with Gasteiger partial charge in [-0.25, -0.2) is 4.79 Å². The second-order valence-electron chi connectivity index (χ2n) is 4.12. The third kappa shape index (κ3) is 3.74. The minimum absolute atomic E-state index is 0.0822. The highest BCUT2D eigenvalue weighted by molar-refractivity contribution is 7.98. The quantitative estimate of drug-likeness (QED) is 0.505. The highest BCUT2D eigenvalue weighted by Gasteiger charge is 2.16. The highest BCUT2D eigenvalue weighted by atomic mass is 35.5. The molecule has 1 N–H and O–H groups in total. The summed E-state index contributed by atoms with van der Waals surface area (Å²) < 4.78 is 0. The van der Waals surface area contributed by atoms with Gasteiger partial charge in [-0.3, -0.25) is 10.1 Å². The van der Waals surface area contributed by atoms with E-state index in [2.05, 4.69) is 0 Å². The zero-order valence-electron chi connectivity index (χ0n) is 10.7. The van der Waals surface area contributed by atoms with Crippen molar-refractivity contribution in [3.8, 4) is 0 Å². The van der Waals surface area contributed by atoms with Crippen molar-refractivity contribution >= 4 is 35.0 Å². The van der Waals surface area contributed by atoms with Crippen LogP contribution in [0.3, 0.4) is 0 Å². The van der Waals surface area contributed by atoms with Crippen LogP contribution in [0.4, 0.5) is 5.69 Å². The first kappa shape index (κ1) is 15.3. The fourth-order valence-corrected chi connectivity index (χ4v) is 3.01. The smallest absolute Gasteiger partial charge is 0.337 e. The van der Waals surface area contributed by atoms with Gasteiger partial charge >= 0.3 is 5.97 Å². The molecule has 0 aliphatic carbocycles. The Labute approximate surface area is 129 Å². The summed E-state index contributed by atoms with van der Waals surface area (Å²) in [5.74, 6) is -0.710. The number of nitrogens with zero attached hydrogens (tertiary/aromatic N) is 1. The number of nitro groups is 1. The molecule has 108 valence electrons. The molecule has 0 spiro atoms. The molecular formula is C14H10ClNO4S. The van der Waals surface area contributed by atoms with Gasteiger partial charge in [0.05, 0.1) is 10.5 Å². The van der Waals surface area contributed by atoms with Gasteiger partial charge in [0.1, 0.15) is 0 Å². The van der Waals surface area contributed by atoms with E-state index in [1.165, 1.54) is 23.9 Å². The Morgan fingerprint density at radius 2 is 2.00 bits per heavy atom. The van der Waals surface area contributed by atoms with Crippen LogP contribution in [0, 0.1) is 10.1 Å². The van der Waals surface area contributed by atoms with Crippen molar-refractivity contribution in [1.29, 1.82) is 0 Å². The van der Waals surface area contributed by atoms with Crippen molar-refractivity contribution < 1.29 is 14.8 Å². The van der Waals surface area contributed by atoms with Crippen molar-refractivity contribution in [3.63, 3.8) is 0 Å². The molecule has 2 aromatic rings. The summed E-state index contributed by atoms with van der Waals surface area (Å²) in [7, 11) is 0. The first-order valence-corrected chi connectivity index (χ1v) is 7.23. The maximum Gasteiger partial charge on any atom is 0.337 e. The SMILES string of the molecule is O=C(O)c1cc([N+](=O)[O-])ccc1SCc1ccccc1Cl. The highest BCUT2D eigenvalue weighted by Crippen LogP contribution is 2.31. The van der Waals surface area contributed by atoms with Crippen molar-refractivity contribution in [1.82, 2.24) is 0 Å². The molecule has 5 nitrogen and oxygen atoms in total. The Bertz CT molecular complexity index is 705. The lowest BCUT2D eigenvalue weighted by Crippen LogP contribution is -2.01. The van der Waals surface area contributed by atoms with E-state index in [-0.39, 0.29) is 11.3 Å². The van der Waals surface area contributed by atoms with Gasteiger partial charge in [-0.05, 0) is 17.7 Å². The molecule has 0 bridgehead atoms. The van der Waals surface area contributed by atoms with E-state index >= 15 is 0 Å². The summed E-state index contributed by atoms with van der Waals surface area (Å²) in [6.07, 6.45) is 0. The second-order valence-corrected chi connectivity index (χ2v) is 5.55. The van der Waals surface area contributed by atoms with Crippen LogP contribution in [0.2, 0.25) is 5.02 Å². The van der Waals surface area contributed by atoms with Crippen LogP contribution in [-0.2, 0) is 5.75 Å². The third-order valence-corrected chi connectivity index (χ3v) is 4.24. The lowest BCUT2D eigenvalue weighted by Gasteiger charge is -2.07. The molecule has 0 unspecified atom stereocenters. The molecular weight excluding hydrogens is 314 g/mol. The number of halogens is 1. The van der Waals surface area contributed by atoms with E-state index in [1.807, 2.05) is 18.2 Å². The molecule has 7 heteroatoms. The van der Waals surface area contributed by atoms with Gasteiger partial charge in [-0.1, -0.05) is 29.8 Å². The summed E-state index contributed by atoms with van der Waals surface area (Å²) >= 11 is 7.32. The second kappa shape index (κ2) is 6.60. The number of carboxylic acids is 1. The standard InChI is InChI=1S/C14H10ClNO4S/c15-12-4-2-1-3-9(12)8-21-13-6-5-10(16(19)20)7-11(13)14(17)18/h1-7H,8H2,(H,17,18). The Morgan fingerprint density at radius 3 is 2.62 bits per heavy atom. The summed E-state index contributed by atoms with van der Waals surface area (Å²) in [6.45, 7) is 0. The van der Waals surface area contributed by atoms with E-state index in [0.717, 1.165) is 11.6 Å². The molecule has 0 aliphatic rings. The number of carbonyl (C=O) groups is 1. The van der Waals surface area contributed by atoms with Gasteiger partial charge in [0.25, 0.3) is 5.69 Å². The van der Waals surface area contributed by atoms with Crippen LogP contribution in [0.15, 0.2) is 47.4 Å². The van der Waals surface area contributed by atoms with Gasteiger partial charge in [0.2, 0.25) is 0 Å². The van der Waals surface area contributed by atoms with Crippen LogP contribution < -0.4 is 0 Å². The molecule has 0 radical (unpaired) electrons. The lowest BCUT2D eigenvalue weighted by molar-refractivity contribution is -0.384. The van der Waals surface area contributed by atoms with Crippen LogP contribution in [0.5, 0.6) is 0 Å². The fourth-order valence-electron chi connectivity index (χ4n) is 1.70. The number of aromatic carboxylic acids is 1. The lowest BCUT2D eigenvalue weighted by atomic mass is 10.2. The first-order chi connectivity index (χ1) is 9.99. The minimum atomic E-state index is -1.19. The summed E-state index contributed by atoms with van der Waals surface area (Å²) in [5, 5.41) is 20.5. The molecule has 21 heavy (non-hydrogen) atoms. The van der Waals surface area contributed by atoms with Gasteiger partial charge in [0, 0.05) is 27.8 Å². The van der Waals surface area contributed by atoms with Crippen molar-refractivity contribution in [3.05, 3.63) is 68.7 Å². The number of non-ortho nitro benzene ring substituents is 1. The van der Waals surface area contributed by atoms with E-state index < -0.39 is 10.9 Å². The number of rotatable bonds is 5. The Morgan fingerprint density at radius 1 is 1.29 bits per heavy atom. The van der Waals surface area contributed by atoms with Gasteiger partial charge < -0.3 is 5.11 Å². The predicted octanol–water partition coefficient (Wildman–Crippen LogP) is 4.24. The van der Waals surface area contributed by atoms with E-state index in [9.17, 15) is 14.9 Å². The number of hydrogen-bond donors (Lipinski definition) is 1. The monoisotopic (exact) mass is 323 g/mol. The minimum Gasteiger partial charge on any atom is -0.478 e. The van der Waals surface area contributed by atoms with E-state index in [1.54, 1.807) is 6.07 Å². The van der Waals surface area contributed by atoms with Gasteiger partial charge in [0.15, 0.2) is 0 Å². The van der Waals surface area contributed by atoms with Gasteiger partial charge in [-0.15, -0.1) is 11.8 Å². The summed E-state index contributed by atoms with van der Waals surface area (Å²) in [5.41, 5.74) is 0.551. The van der Waals surface area contributed by atoms with Gasteiger partial charge in [-0.2, -0.15) is 0 Å². The fraction of sp³-hybridized carbons (Fsp3) is 0.0714. The average molecular weight is 324 g/mol. The summed E-state index contributed by atoms with van der Waals surface area (Å²) in [4.78, 5) is 21.8. The Hall–Kier alpha value is -2.05. The van der Waals surface area contributed by atoms with Crippen molar-refractivity contribution in [2.45, 2.75) is 10.6 Å². The van der Waals surface area contributed by atoms with Crippen LogP contribution in [0.25, 0.3) is 0 Å². The molecule has 0 fully saturated rings. The largest absolute Gasteiger partial charge is 0.478 e. The molecule has 2 aromatic carbocycles. The molecule has 0 saturated heterocycles. The molecule has 0 aromatic heterocycles. The predicted molar refractivity (Wildman–Crippen MR) is 81.1 cm³/mol. The maximum atomic E-state index is 11.2. The average Bonchev–Trinajstić information content (AvgIpc) is 2.46. The number of benzene rings is 2. The third-order valence-electron chi connectivity index (χ3n) is 2.75. The zero-order chi connectivity index (χ0) is 15.4. The number of hydrogen-bond acceptors (Lipinski definition) is 4. The Kier molecular flexibility index (Phi) is 4.82. The normalized spacial score (nSPS) is 10.3. The topological polar surface area (TPSA) is 80.4 Å². The number of nitro benzene ring substituents is 1.